The van der Waals surface area contributed by atoms with Crippen LogP contribution in [-0.4, -0.2) is 43.6 Å². The lowest BCUT2D eigenvalue weighted by molar-refractivity contribution is 0.0709. The van der Waals surface area contributed by atoms with Crippen molar-refractivity contribution < 1.29 is 21.7 Å². The quantitative estimate of drug-likeness (QED) is 0.424. The lowest BCUT2D eigenvalue weighted by Crippen LogP contribution is -2.46. The predicted octanol–water partition coefficient (Wildman–Crippen LogP) is 2.54. The van der Waals surface area contributed by atoms with Crippen molar-refractivity contribution in [1.82, 2.24) is 4.72 Å². The fraction of sp³-hybridized carbons (Fsp3) is 0.625. The summed E-state index contributed by atoms with van der Waals surface area (Å²) in [7, 11) is -6.05. The van der Waals surface area contributed by atoms with Crippen LogP contribution in [-0.2, 0) is 29.1 Å². The molecule has 0 atom stereocenters. The summed E-state index contributed by atoms with van der Waals surface area (Å²) in [6, 6.07) is 9.72. The normalized spacial score (nSPS) is 12.5. The van der Waals surface area contributed by atoms with Crippen molar-refractivity contribution in [2.24, 2.45) is 0 Å². The average molecular weight is 376 g/mol. The van der Waals surface area contributed by atoms with Gasteiger partial charge in [0, 0.05) is 32.4 Å². The van der Waals surface area contributed by atoms with E-state index in [0.29, 0.717) is 38.8 Å². The van der Waals surface area contributed by atoms with Crippen molar-refractivity contribution in [2.75, 3.05) is 26.4 Å². The average Bonchev–Trinajstić information content (AvgIpc) is 2.53. The molecule has 0 aromatic heterocycles. The van der Waals surface area contributed by atoms with Crippen LogP contribution in [0.4, 0.5) is 0 Å². The molecule has 0 bridgehead atoms. The molecule has 0 aliphatic rings. The molecule has 0 radical (unpaired) electrons. The van der Waals surface area contributed by atoms with Crippen molar-refractivity contribution in [2.45, 2.75) is 39.0 Å². The molecule has 1 rings (SSSR count). The lowest BCUT2D eigenvalue weighted by Gasteiger charge is -2.28. The molecule has 0 spiro atoms. The Hall–Kier alpha value is -0.773. The van der Waals surface area contributed by atoms with Crippen LogP contribution in [0.1, 0.15) is 32.8 Å². The maximum absolute atomic E-state index is 12.1. The van der Waals surface area contributed by atoms with Gasteiger partial charge in [0.25, 0.3) is 0 Å². The molecule has 1 aromatic rings. The second-order valence-electron chi connectivity index (χ2n) is 5.22. The Balaban J connectivity index is 2.49. The molecule has 1 N–H and O–H groups in total. The van der Waals surface area contributed by atoms with Gasteiger partial charge < -0.3 is 13.3 Å². The van der Waals surface area contributed by atoms with Gasteiger partial charge in [-0.2, -0.15) is 0 Å². The molecule has 0 saturated heterocycles. The maximum atomic E-state index is 12.1. The van der Waals surface area contributed by atoms with Crippen LogP contribution in [0.3, 0.4) is 0 Å². The Morgan fingerprint density at radius 3 is 2.00 bits per heavy atom. The molecule has 0 heterocycles. The summed E-state index contributed by atoms with van der Waals surface area (Å²) in [6.45, 7) is 7.62. The summed E-state index contributed by atoms with van der Waals surface area (Å²) < 4.78 is 44.1. The van der Waals surface area contributed by atoms with Gasteiger partial charge in [-0.1, -0.05) is 30.3 Å². The van der Waals surface area contributed by atoms with E-state index < -0.39 is 18.8 Å². The Kier molecular flexibility index (Phi) is 9.71. The number of sulfonamides is 1. The molecule has 0 aliphatic heterocycles. The Morgan fingerprint density at radius 2 is 1.50 bits per heavy atom. The first-order chi connectivity index (χ1) is 11.5. The third kappa shape index (κ3) is 7.87. The van der Waals surface area contributed by atoms with E-state index in [-0.39, 0.29) is 5.75 Å². The number of benzene rings is 1. The Labute approximate surface area is 146 Å². The number of rotatable bonds is 13. The van der Waals surface area contributed by atoms with E-state index in [9.17, 15) is 8.42 Å². The van der Waals surface area contributed by atoms with Gasteiger partial charge in [-0.3, -0.25) is 0 Å². The predicted molar refractivity (Wildman–Crippen MR) is 97.1 cm³/mol. The Morgan fingerprint density at radius 1 is 0.958 bits per heavy atom. The van der Waals surface area contributed by atoms with Crippen molar-refractivity contribution in [3.05, 3.63) is 35.9 Å². The lowest BCUT2D eigenvalue weighted by atomic mass is 10.2. The minimum atomic E-state index is -3.35. The smallest absolute Gasteiger partial charge is 0.374 e. The molecule has 0 aliphatic carbocycles. The van der Waals surface area contributed by atoms with Gasteiger partial charge in [0.15, 0.2) is 0 Å². The van der Waals surface area contributed by atoms with Crippen LogP contribution in [0, 0.1) is 0 Å². The molecule has 1 aromatic carbocycles. The molecule has 0 fully saturated rings. The molecule has 6 nitrogen and oxygen atoms in total. The first-order valence-electron chi connectivity index (χ1n) is 8.40. The van der Waals surface area contributed by atoms with E-state index in [4.69, 9.17) is 13.3 Å². The summed E-state index contributed by atoms with van der Waals surface area (Å²) in [5, 5.41) is 0. The van der Waals surface area contributed by atoms with Crippen molar-refractivity contribution in [3.8, 4) is 0 Å². The highest BCUT2D eigenvalue weighted by Gasteiger charge is 2.39. The highest BCUT2D eigenvalue weighted by Crippen LogP contribution is 2.18. The zero-order valence-electron chi connectivity index (χ0n) is 14.8. The summed E-state index contributed by atoms with van der Waals surface area (Å²) in [4.78, 5) is 0. The molecule has 138 valence electrons. The summed E-state index contributed by atoms with van der Waals surface area (Å²) >= 11 is 0. The molecule has 8 heteroatoms. The van der Waals surface area contributed by atoms with Gasteiger partial charge in [0.1, 0.15) is 0 Å². The fourth-order valence-electron chi connectivity index (χ4n) is 2.38. The maximum Gasteiger partial charge on any atom is 0.500 e. The molecule has 0 saturated carbocycles. The van der Waals surface area contributed by atoms with Crippen LogP contribution < -0.4 is 4.72 Å². The zero-order valence-corrected chi connectivity index (χ0v) is 16.6. The molecule has 24 heavy (non-hydrogen) atoms. The first-order valence-corrected chi connectivity index (χ1v) is 12.0. The summed E-state index contributed by atoms with van der Waals surface area (Å²) in [6.07, 6.45) is 0.611. The van der Waals surface area contributed by atoms with E-state index in [1.807, 2.05) is 39.0 Å². The van der Waals surface area contributed by atoms with Gasteiger partial charge in [0.2, 0.25) is 10.0 Å². The highest BCUT2D eigenvalue weighted by molar-refractivity contribution is 7.88. The highest BCUT2D eigenvalue weighted by atomic mass is 32.2. The standard InChI is InChI=1S/C16H29NO5SSi/c1-4-20-24(21-5-2,22-6-3)14-10-13-17-23(18,19)15-16-11-8-7-9-12-16/h7-9,11-12,17H,4-6,10,13-15H2,1-3H3. The number of hydrogen-bond acceptors (Lipinski definition) is 5. The third-order valence-electron chi connectivity index (χ3n) is 3.27. The van der Waals surface area contributed by atoms with Crippen LogP contribution in [0.5, 0.6) is 0 Å². The van der Waals surface area contributed by atoms with Crippen molar-refractivity contribution >= 4 is 18.8 Å². The molecule has 0 amide bonds. The molecular weight excluding hydrogens is 346 g/mol. The second kappa shape index (κ2) is 11.0. The largest absolute Gasteiger partial charge is 0.500 e. The Bertz CT molecular complexity index is 536. The molecular formula is C16H29NO5SSi. The monoisotopic (exact) mass is 375 g/mol. The topological polar surface area (TPSA) is 73.9 Å². The van der Waals surface area contributed by atoms with E-state index in [1.165, 1.54) is 0 Å². The van der Waals surface area contributed by atoms with Gasteiger partial charge in [-0.25, -0.2) is 13.1 Å². The number of hydrogen-bond donors (Lipinski definition) is 1. The third-order valence-corrected chi connectivity index (χ3v) is 7.78. The summed E-state index contributed by atoms with van der Waals surface area (Å²) in [5.74, 6) is -0.0151. The van der Waals surface area contributed by atoms with Crippen LogP contribution in [0.15, 0.2) is 30.3 Å². The van der Waals surface area contributed by atoms with Crippen molar-refractivity contribution in [3.63, 3.8) is 0 Å². The van der Waals surface area contributed by atoms with Crippen molar-refractivity contribution in [1.29, 1.82) is 0 Å². The van der Waals surface area contributed by atoms with Gasteiger partial charge in [-0.05, 0) is 32.8 Å². The minimum Gasteiger partial charge on any atom is -0.374 e. The van der Waals surface area contributed by atoms with Crippen LogP contribution in [0.2, 0.25) is 6.04 Å². The fourth-order valence-corrected chi connectivity index (χ4v) is 6.18. The SMILES string of the molecule is CCO[Si](CCCNS(=O)(=O)Cc1ccccc1)(OCC)OCC. The number of nitrogens with one attached hydrogen (secondary N) is 1. The van der Waals surface area contributed by atoms with E-state index in [2.05, 4.69) is 4.72 Å². The van der Waals surface area contributed by atoms with E-state index in [0.717, 1.165) is 5.56 Å². The van der Waals surface area contributed by atoms with E-state index >= 15 is 0 Å². The zero-order chi connectivity index (χ0) is 17.9. The second-order valence-corrected chi connectivity index (χ2v) is 9.76. The van der Waals surface area contributed by atoms with Gasteiger partial charge >= 0.3 is 8.80 Å². The van der Waals surface area contributed by atoms with Crippen LogP contribution >= 0.6 is 0 Å². The molecule has 0 unspecified atom stereocenters. The van der Waals surface area contributed by atoms with E-state index in [1.54, 1.807) is 12.1 Å². The van der Waals surface area contributed by atoms with Gasteiger partial charge in [-0.15, -0.1) is 0 Å². The minimum absolute atomic E-state index is 0.0151. The van der Waals surface area contributed by atoms with Gasteiger partial charge in [0.05, 0.1) is 5.75 Å². The first kappa shape index (κ1) is 21.3. The van der Waals surface area contributed by atoms with Crippen LogP contribution in [0.25, 0.3) is 0 Å². The summed E-state index contributed by atoms with van der Waals surface area (Å²) in [5.41, 5.74) is 0.770.